The van der Waals surface area contributed by atoms with Crippen LogP contribution in [0.15, 0.2) is 53.6 Å². The number of benzene rings is 2. The Morgan fingerprint density at radius 1 is 1.17 bits per heavy atom. The molecule has 4 nitrogen and oxygen atoms in total. The summed E-state index contributed by atoms with van der Waals surface area (Å²) in [6, 6.07) is 15.1. The molecule has 0 spiro atoms. The van der Waals surface area contributed by atoms with Gasteiger partial charge < -0.3 is 4.74 Å². The summed E-state index contributed by atoms with van der Waals surface area (Å²) in [4.78, 5) is 22.4. The SMILES string of the molecule is Cc1cccc(-c2nc3c(c(SCC(=O)c4ccc(Cl)cc4)n2)COC(C)(C)C3)c1. The average Bonchev–Trinajstić information content (AvgIpc) is 2.71. The predicted octanol–water partition coefficient (Wildman–Crippen LogP) is 5.93. The van der Waals surface area contributed by atoms with Crippen LogP contribution in [0.25, 0.3) is 11.4 Å². The van der Waals surface area contributed by atoms with E-state index in [0.29, 0.717) is 35.2 Å². The summed E-state index contributed by atoms with van der Waals surface area (Å²) >= 11 is 7.37. The topological polar surface area (TPSA) is 52.1 Å². The van der Waals surface area contributed by atoms with E-state index in [-0.39, 0.29) is 11.4 Å². The molecular weight excluding hydrogens is 416 g/mol. The molecule has 0 amide bonds. The highest BCUT2D eigenvalue weighted by molar-refractivity contribution is 8.00. The summed E-state index contributed by atoms with van der Waals surface area (Å²) in [6.45, 7) is 6.65. The number of carbonyl (C=O) groups excluding carboxylic acids is 1. The molecule has 0 saturated heterocycles. The smallest absolute Gasteiger partial charge is 0.173 e. The van der Waals surface area contributed by atoms with Crippen LogP contribution in [-0.4, -0.2) is 27.1 Å². The minimum absolute atomic E-state index is 0.0400. The van der Waals surface area contributed by atoms with Crippen molar-refractivity contribution in [2.45, 2.75) is 44.4 Å². The van der Waals surface area contributed by atoms with Crippen molar-refractivity contribution >= 4 is 29.1 Å². The van der Waals surface area contributed by atoms with E-state index in [1.54, 1.807) is 24.3 Å². The number of ether oxygens (including phenoxy) is 1. The van der Waals surface area contributed by atoms with E-state index in [1.165, 1.54) is 11.8 Å². The third kappa shape index (κ3) is 4.75. The zero-order valence-electron chi connectivity index (χ0n) is 17.2. The number of hydrogen-bond acceptors (Lipinski definition) is 5. The molecule has 154 valence electrons. The zero-order chi connectivity index (χ0) is 21.3. The van der Waals surface area contributed by atoms with Gasteiger partial charge in [0.05, 0.1) is 23.7 Å². The van der Waals surface area contributed by atoms with Crippen LogP contribution in [0.3, 0.4) is 0 Å². The fraction of sp³-hybridized carbons (Fsp3) is 0.292. The van der Waals surface area contributed by atoms with E-state index >= 15 is 0 Å². The van der Waals surface area contributed by atoms with E-state index in [0.717, 1.165) is 27.4 Å². The van der Waals surface area contributed by atoms with Crippen molar-refractivity contribution in [1.29, 1.82) is 0 Å². The van der Waals surface area contributed by atoms with Gasteiger partial charge in [0, 0.05) is 28.1 Å². The van der Waals surface area contributed by atoms with Crippen molar-refractivity contribution in [2.24, 2.45) is 0 Å². The number of aromatic nitrogens is 2. The highest BCUT2D eigenvalue weighted by Gasteiger charge is 2.30. The van der Waals surface area contributed by atoms with Gasteiger partial charge in [0.15, 0.2) is 11.6 Å². The van der Waals surface area contributed by atoms with E-state index in [1.807, 2.05) is 12.1 Å². The molecule has 1 aliphatic heterocycles. The largest absolute Gasteiger partial charge is 0.370 e. The molecule has 0 saturated carbocycles. The number of halogens is 1. The van der Waals surface area contributed by atoms with Crippen molar-refractivity contribution in [2.75, 3.05) is 5.75 Å². The maximum Gasteiger partial charge on any atom is 0.173 e. The Morgan fingerprint density at radius 3 is 2.67 bits per heavy atom. The van der Waals surface area contributed by atoms with E-state index in [9.17, 15) is 4.79 Å². The third-order valence-electron chi connectivity index (χ3n) is 5.04. The predicted molar refractivity (Wildman–Crippen MR) is 121 cm³/mol. The summed E-state index contributed by atoms with van der Waals surface area (Å²) in [5.41, 5.74) is 4.49. The Morgan fingerprint density at radius 2 is 1.93 bits per heavy atom. The Hall–Kier alpha value is -2.21. The number of ketones is 1. The molecule has 3 aromatic rings. The van der Waals surface area contributed by atoms with Gasteiger partial charge in [-0.1, -0.05) is 47.1 Å². The van der Waals surface area contributed by atoms with Crippen molar-refractivity contribution in [1.82, 2.24) is 9.97 Å². The Bertz CT molecular complexity index is 1100. The summed E-state index contributed by atoms with van der Waals surface area (Å²) in [6.07, 6.45) is 0.711. The van der Waals surface area contributed by atoms with Crippen LogP contribution in [0.4, 0.5) is 0 Å². The maximum atomic E-state index is 12.7. The molecule has 0 unspecified atom stereocenters. The molecule has 0 radical (unpaired) electrons. The number of thioether (sulfide) groups is 1. The van der Waals surface area contributed by atoms with Crippen LogP contribution in [-0.2, 0) is 17.8 Å². The van der Waals surface area contributed by atoms with Crippen LogP contribution < -0.4 is 0 Å². The quantitative estimate of drug-likeness (QED) is 0.280. The molecule has 6 heteroatoms. The summed E-state index contributed by atoms with van der Waals surface area (Å²) in [7, 11) is 0. The molecule has 2 heterocycles. The van der Waals surface area contributed by atoms with Crippen molar-refractivity contribution < 1.29 is 9.53 Å². The van der Waals surface area contributed by atoms with Crippen LogP contribution in [0.1, 0.15) is 41.0 Å². The maximum absolute atomic E-state index is 12.7. The third-order valence-corrected chi connectivity index (χ3v) is 6.31. The lowest BCUT2D eigenvalue weighted by Gasteiger charge is -2.32. The molecule has 2 aromatic carbocycles. The number of aryl methyl sites for hydroxylation is 1. The van der Waals surface area contributed by atoms with Crippen LogP contribution in [0.2, 0.25) is 5.02 Å². The fourth-order valence-corrected chi connectivity index (χ4v) is 4.47. The van der Waals surface area contributed by atoms with Gasteiger partial charge >= 0.3 is 0 Å². The first-order chi connectivity index (χ1) is 14.3. The second-order valence-electron chi connectivity index (χ2n) is 8.09. The minimum atomic E-state index is -0.272. The van der Waals surface area contributed by atoms with Gasteiger partial charge in [0.2, 0.25) is 0 Å². The standard InChI is InChI=1S/C24H23ClN2O2S/c1-15-5-4-6-17(11-15)22-26-20-12-24(2,3)29-13-19(20)23(27-22)30-14-21(28)16-7-9-18(25)10-8-16/h4-11H,12-14H2,1-3H3. The van der Waals surface area contributed by atoms with Gasteiger partial charge in [-0.3, -0.25) is 4.79 Å². The van der Waals surface area contributed by atoms with Crippen molar-refractivity contribution in [3.05, 3.63) is 75.9 Å². The summed E-state index contributed by atoms with van der Waals surface area (Å²) in [5.74, 6) is 1.02. The first-order valence-corrected chi connectivity index (χ1v) is 11.2. The van der Waals surface area contributed by atoms with Crippen LogP contribution in [0, 0.1) is 6.92 Å². The number of nitrogens with zero attached hydrogens (tertiary/aromatic N) is 2. The van der Waals surface area contributed by atoms with Gasteiger partial charge in [0.25, 0.3) is 0 Å². The molecule has 1 aromatic heterocycles. The monoisotopic (exact) mass is 438 g/mol. The van der Waals surface area contributed by atoms with Gasteiger partial charge in [-0.15, -0.1) is 0 Å². The number of hydrogen-bond donors (Lipinski definition) is 0. The second kappa shape index (κ2) is 8.50. The zero-order valence-corrected chi connectivity index (χ0v) is 18.8. The molecule has 1 aliphatic rings. The lowest BCUT2D eigenvalue weighted by atomic mass is 9.96. The first-order valence-electron chi connectivity index (χ1n) is 9.83. The van der Waals surface area contributed by atoms with E-state index in [2.05, 4.69) is 32.9 Å². The number of fused-ring (bicyclic) bond motifs is 1. The first kappa shape index (κ1) is 21.0. The second-order valence-corrected chi connectivity index (χ2v) is 9.49. The molecule has 30 heavy (non-hydrogen) atoms. The number of carbonyl (C=O) groups is 1. The molecule has 0 fully saturated rings. The highest BCUT2D eigenvalue weighted by atomic mass is 35.5. The molecule has 0 bridgehead atoms. The van der Waals surface area contributed by atoms with Crippen LogP contribution >= 0.6 is 23.4 Å². The van der Waals surface area contributed by atoms with Gasteiger partial charge in [-0.05, 0) is 51.1 Å². The lowest BCUT2D eigenvalue weighted by molar-refractivity contribution is -0.0428. The Balaban J connectivity index is 1.66. The molecule has 0 N–H and O–H groups in total. The van der Waals surface area contributed by atoms with E-state index < -0.39 is 0 Å². The fourth-order valence-electron chi connectivity index (χ4n) is 3.41. The Kier molecular flexibility index (Phi) is 5.96. The van der Waals surface area contributed by atoms with Crippen molar-refractivity contribution in [3.63, 3.8) is 0 Å². The lowest BCUT2D eigenvalue weighted by Crippen LogP contribution is -2.33. The average molecular weight is 439 g/mol. The van der Waals surface area contributed by atoms with Gasteiger partial charge in [-0.25, -0.2) is 9.97 Å². The summed E-state index contributed by atoms with van der Waals surface area (Å²) in [5, 5.41) is 1.43. The van der Waals surface area contributed by atoms with Gasteiger partial charge in [0.1, 0.15) is 5.03 Å². The molecule has 4 rings (SSSR count). The van der Waals surface area contributed by atoms with E-state index in [4.69, 9.17) is 26.3 Å². The number of Topliss-reactive ketones (excluding diaryl/α,β-unsaturated/α-hetero) is 1. The highest BCUT2D eigenvalue weighted by Crippen LogP contribution is 2.34. The number of rotatable bonds is 5. The molecule has 0 aliphatic carbocycles. The summed E-state index contributed by atoms with van der Waals surface area (Å²) < 4.78 is 6.01. The normalized spacial score (nSPS) is 14.9. The Labute approximate surface area is 186 Å². The van der Waals surface area contributed by atoms with Crippen LogP contribution in [0.5, 0.6) is 0 Å². The minimum Gasteiger partial charge on any atom is -0.370 e. The molecular formula is C24H23ClN2O2S. The van der Waals surface area contributed by atoms with Gasteiger partial charge in [-0.2, -0.15) is 0 Å². The van der Waals surface area contributed by atoms with Crippen molar-refractivity contribution in [3.8, 4) is 11.4 Å². The molecule has 0 atom stereocenters.